The topological polar surface area (TPSA) is 83.6 Å². The maximum absolute atomic E-state index is 12.9. The lowest BCUT2D eigenvalue weighted by Gasteiger charge is -2.37. The number of amides is 1. The number of likely N-dealkylation sites (tertiary alicyclic amines) is 1. The number of carbonyl (C=O) groups excluding carboxylic acids is 1. The van der Waals surface area contributed by atoms with E-state index in [1.54, 1.807) is 11.8 Å². The van der Waals surface area contributed by atoms with Crippen molar-refractivity contribution in [3.05, 3.63) is 35.4 Å². The second kappa shape index (κ2) is 7.13. The Morgan fingerprint density at radius 1 is 1.13 bits per heavy atom. The summed E-state index contributed by atoms with van der Waals surface area (Å²) in [5.41, 5.74) is 7.84. The molecule has 5 nitrogen and oxygen atoms in total. The average Bonchev–Trinajstić information content (AvgIpc) is 2.44. The van der Waals surface area contributed by atoms with Gasteiger partial charge in [0.15, 0.2) is 0 Å². The van der Waals surface area contributed by atoms with E-state index in [2.05, 4.69) is 13.8 Å². The summed E-state index contributed by atoms with van der Waals surface area (Å²) in [4.78, 5) is 26.1. The van der Waals surface area contributed by atoms with Gasteiger partial charge in [0.05, 0.1) is 5.92 Å². The molecule has 1 aliphatic heterocycles. The molecule has 1 aliphatic rings. The SMILES string of the molecule is CC(C)c1ccccc1C(C(=O)N1CCC1)C(C)[C@H](N)C(=O)O. The predicted octanol–water partition coefficient (Wildman–Crippen LogP) is 2.17. The van der Waals surface area contributed by atoms with Crippen LogP contribution in [0.4, 0.5) is 0 Å². The highest BCUT2D eigenvalue weighted by Gasteiger charge is 2.38. The van der Waals surface area contributed by atoms with Crippen LogP contribution in [0.1, 0.15) is 50.2 Å². The van der Waals surface area contributed by atoms with Gasteiger partial charge in [0.25, 0.3) is 0 Å². The molecular weight excluding hydrogens is 292 g/mol. The third-order valence-electron chi connectivity index (χ3n) is 4.76. The first-order chi connectivity index (χ1) is 10.8. The van der Waals surface area contributed by atoms with Crippen molar-refractivity contribution in [3.8, 4) is 0 Å². The molecule has 0 spiro atoms. The fourth-order valence-corrected chi connectivity index (χ4v) is 3.13. The van der Waals surface area contributed by atoms with Crippen LogP contribution in [0.2, 0.25) is 0 Å². The lowest BCUT2D eigenvalue weighted by molar-refractivity contribution is -0.142. The normalized spacial score (nSPS) is 18.2. The van der Waals surface area contributed by atoms with Gasteiger partial charge in [-0.25, -0.2) is 0 Å². The zero-order chi connectivity index (χ0) is 17.1. The van der Waals surface area contributed by atoms with Gasteiger partial charge in [-0.2, -0.15) is 0 Å². The van der Waals surface area contributed by atoms with Gasteiger partial charge in [0.2, 0.25) is 5.91 Å². The largest absolute Gasteiger partial charge is 0.480 e. The van der Waals surface area contributed by atoms with Gasteiger partial charge >= 0.3 is 5.97 Å². The summed E-state index contributed by atoms with van der Waals surface area (Å²) in [6.07, 6.45) is 1.00. The molecule has 1 saturated heterocycles. The zero-order valence-corrected chi connectivity index (χ0v) is 14.0. The molecule has 3 atom stereocenters. The number of nitrogens with zero attached hydrogens (tertiary/aromatic N) is 1. The smallest absolute Gasteiger partial charge is 0.320 e. The van der Waals surface area contributed by atoms with Crippen molar-refractivity contribution in [2.24, 2.45) is 11.7 Å². The molecule has 1 heterocycles. The number of hydrogen-bond donors (Lipinski definition) is 2. The third kappa shape index (κ3) is 3.55. The molecule has 0 aromatic heterocycles. The van der Waals surface area contributed by atoms with Crippen LogP contribution in [-0.2, 0) is 9.59 Å². The van der Waals surface area contributed by atoms with Crippen molar-refractivity contribution >= 4 is 11.9 Å². The molecule has 1 aromatic rings. The van der Waals surface area contributed by atoms with E-state index in [9.17, 15) is 14.7 Å². The van der Waals surface area contributed by atoms with Gasteiger partial charge < -0.3 is 15.7 Å². The van der Waals surface area contributed by atoms with Crippen molar-refractivity contribution in [2.45, 2.75) is 45.1 Å². The van der Waals surface area contributed by atoms with Crippen molar-refractivity contribution < 1.29 is 14.7 Å². The Morgan fingerprint density at radius 3 is 2.13 bits per heavy atom. The molecule has 2 rings (SSSR count). The molecule has 3 N–H and O–H groups in total. The van der Waals surface area contributed by atoms with E-state index in [0.717, 1.165) is 30.6 Å². The van der Waals surface area contributed by atoms with Gasteiger partial charge in [-0.1, -0.05) is 45.0 Å². The third-order valence-corrected chi connectivity index (χ3v) is 4.76. The van der Waals surface area contributed by atoms with Gasteiger partial charge in [-0.3, -0.25) is 9.59 Å². The molecule has 0 radical (unpaired) electrons. The van der Waals surface area contributed by atoms with Crippen LogP contribution in [-0.4, -0.2) is 41.0 Å². The number of carboxylic acid groups (broad SMARTS) is 1. The molecular formula is C18H26N2O3. The van der Waals surface area contributed by atoms with Crippen LogP contribution in [0.25, 0.3) is 0 Å². The van der Waals surface area contributed by atoms with Crippen LogP contribution in [0.5, 0.6) is 0 Å². The highest BCUT2D eigenvalue weighted by Crippen LogP contribution is 2.35. The Labute approximate surface area is 137 Å². The Balaban J connectivity index is 2.45. The Hall–Kier alpha value is -1.88. The average molecular weight is 318 g/mol. The van der Waals surface area contributed by atoms with Crippen LogP contribution in [0, 0.1) is 5.92 Å². The second-order valence-corrected chi connectivity index (χ2v) is 6.66. The molecule has 0 aliphatic carbocycles. The minimum absolute atomic E-state index is 0.00597. The van der Waals surface area contributed by atoms with Gasteiger partial charge in [0, 0.05) is 13.1 Å². The molecule has 1 fully saturated rings. The summed E-state index contributed by atoms with van der Waals surface area (Å²) in [5.74, 6) is -1.80. The second-order valence-electron chi connectivity index (χ2n) is 6.66. The maximum Gasteiger partial charge on any atom is 0.320 e. The van der Waals surface area contributed by atoms with Crippen molar-refractivity contribution in [1.29, 1.82) is 0 Å². The van der Waals surface area contributed by atoms with E-state index in [1.807, 2.05) is 24.3 Å². The van der Waals surface area contributed by atoms with E-state index in [4.69, 9.17) is 5.73 Å². The fraction of sp³-hybridized carbons (Fsp3) is 0.556. The molecule has 2 unspecified atom stereocenters. The summed E-state index contributed by atoms with van der Waals surface area (Å²) >= 11 is 0. The number of hydrogen-bond acceptors (Lipinski definition) is 3. The molecule has 5 heteroatoms. The van der Waals surface area contributed by atoms with Crippen LogP contribution >= 0.6 is 0 Å². The first-order valence-electron chi connectivity index (χ1n) is 8.20. The molecule has 126 valence electrons. The van der Waals surface area contributed by atoms with Crippen LogP contribution in [0.15, 0.2) is 24.3 Å². The van der Waals surface area contributed by atoms with Crippen molar-refractivity contribution in [2.75, 3.05) is 13.1 Å². The number of benzene rings is 1. The minimum atomic E-state index is -1.07. The number of carboxylic acids is 1. The highest BCUT2D eigenvalue weighted by molar-refractivity contribution is 5.86. The zero-order valence-electron chi connectivity index (χ0n) is 14.0. The van der Waals surface area contributed by atoms with E-state index in [-0.39, 0.29) is 11.8 Å². The van der Waals surface area contributed by atoms with Crippen molar-refractivity contribution in [1.82, 2.24) is 4.90 Å². The predicted molar refractivity (Wildman–Crippen MR) is 89.2 cm³/mol. The highest BCUT2D eigenvalue weighted by atomic mass is 16.4. The standard InChI is InChI=1S/C18H26N2O3/c1-11(2)13-7-4-5-8-14(13)15(12(3)16(19)18(22)23)17(21)20-9-6-10-20/h4-5,7-8,11-12,15-16H,6,9-10,19H2,1-3H3,(H,22,23)/t12?,15?,16-/m0/s1. The molecule has 0 saturated carbocycles. The van der Waals surface area contributed by atoms with E-state index >= 15 is 0 Å². The van der Waals surface area contributed by atoms with Gasteiger partial charge in [0.1, 0.15) is 6.04 Å². The lowest BCUT2D eigenvalue weighted by Crippen LogP contribution is -2.49. The van der Waals surface area contributed by atoms with Crippen LogP contribution < -0.4 is 5.73 Å². The minimum Gasteiger partial charge on any atom is -0.480 e. The Morgan fingerprint density at radius 2 is 1.70 bits per heavy atom. The summed E-state index contributed by atoms with van der Waals surface area (Å²) in [7, 11) is 0. The molecule has 1 amide bonds. The Bertz CT molecular complexity index is 581. The van der Waals surface area contributed by atoms with Crippen LogP contribution in [0.3, 0.4) is 0 Å². The van der Waals surface area contributed by atoms with Crippen molar-refractivity contribution in [3.63, 3.8) is 0 Å². The summed E-state index contributed by atoms with van der Waals surface area (Å²) in [5, 5.41) is 9.27. The number of carbonyl (C=O) groups is 2. The van der Waals surface area contributed by atoms with E-state index in [0.29, 0.717) is 0 Å². The number of rotatable bonds is 6. The molecule has 23 heavy (non-hydrogen) atoms. The maximum atomic E-state index is 12.9. The first-order valence-corrected chi connectivity index (χ1v) is 8.20. The van der Waals surface area contributed by atoms with Gasteiger partial charge in [-0.15, -0.1) is 0 Å². The Kier molecular flexibility index (Phi) is 5.42. The molecule has 0 bridgehead atoms. The first kappa shape index (κ1) is 17.5. The summed E-state index contributed by atoms with van der Waals surface area (Å²) in [6, 6.07) is 6.73. The molecule has 1 aromatic carbocycles. The summed E-state index contributed by atoms with van der Waals surface area (Å²) < 4.78 is 0. The lowest BCUT2D eigenvalue weighted by atomic mass is 9.77. The monoisotopic (exact) mass is 318 g/mol. The number of nitrogens with two attached hydrogens (primary N) is 1. The van der Waals surface area contributed by atoms with Gasteiger partial charge in [-0.05, 0) is 29.4 Å². The quantitative estimate of drug-likeness (QED) is 0.842. The van der Waals surface area contributed by atoms with E-state index in [1.165, 1.54) is 0 Å². The van der Waals surface area contributed by atoms with E-state index < -0.39 is 23.8 Å². The number of aliphatic carboxylic acids is 1. The fourth-order valence-electron chi connectivity index (χ4n) is 3.13. The summed E-state index contributed by atoms with van der Waals surface area (Å²) in [6.45, 7) is 7.40.